The second-order valence-electron chi connectivity index (χ2n) is 4.33. The second-order valence-corrected chi connectivity index (χ2v) is 4.33. The number of phenols is 1. The molecule has 18 heavy (non-hydrogen) atoms. The van der Waals surface area contributed by atoms with E-state index in [-0.39, 0.29) is 24.1 Å². The van der Waals surface area contributed by atoms with E-state index in [1.165, 1.54) is 6.07 Å². The summed E-state index contributed by atoms with van der Waals surface area (Å²) in [7, 11) is 1.55. The summed E-state index contributed by atoms with van der Waals surface area (Å²) in [5.74, 6) is 0.779. The summed E-state index contributed by atoms with van der Waals surface area (Å²) in [6.07, 6.45) is 0.151. The molecule has 5 heteroatoms. The lowest BCUT2D eigenvalue weighted by atomic mass is 9.91. The largest absolute Gasteiger partial charge is 0.508 e. The first-order valence-electron chi connectivity index (χ1n) is 5.81. The first-order valence-corrected chi connectivity index (χ1v) is 5.81. The van der Waals surface area contributed by atoms with Gasteiger partial charge in [0.15, 0.2) is 0 Å². The van der Waals surface area contributed by atoms with Crippen molar-refractivity contribution in [3.8, 4) is 11.5 Å². The molecule has 0 spiro atoms. The molecule has 0 aliphatic carbocycles. The van der Waals surface area contributed by atoms with Gasteiger partial charge in [-0.1, -0.05) is 20.3 Å². The summed E-state index contributed by atoms with van der Waals surface area (Å²) in [5.41, 5.74) is 6.49. The molecule has 0 heterocycles. The predicted octanol–water partition coefficient (Wildman–Crippen LogP) is 2.23. The SMILES string of the molecule is CCC(C)[C@@H](O)[C@@H](N)c1cc(OC)ccc1O.Cl. The van der Waals surface area contributed by atoms with Crippen LogP contribution in [0, 0.1) is 5.92 Å². The van der Waals surface area contributed by atoms with E-state index in [9.17, 15) is 10.2 Å². The van der Waals surface area contributed by atoms with Gasteiger partial charge in [0, 0.05) is 5.56 Å². The number of ether oxygens (including phenoxy) is 1. The van der Waals surface area contributed by atoms with Gasteiger partial charge in [0.05, 0.1) is 19.3 Å². The van der Waals surface area contributed by atoms with E-state index < -0.39 is 12.1 Å². The maximum atomic E-state index is 10.1. The molecule has 0 amide bonds. The summed E-state index contributed by atoms with van der Waals surface area (Å²) in [4.78, 5) is 0. The molecule has 1 rings (SSSR count). The summed E-state index contributed by atoms with van der Waals surface area (Å²) in [6.45, 7) is 3.92. The monoisotopic (exact) mass is 275 g/mol. The molecule has 0 aliphatic heterocycles. The van der Waals surface area contributed by atoms with Crippen LogP contribution in [0.2, 0.25) is 0 Å². The van der Waals surface area contributed by atoms with Crippen LogP contribution in [0.5, 0.6) is 11.5 Å². The van der Waals surface area contributed by atoms with Crippen LogP contribution in [0.15, 0.2) is 18.2 Å². The van der Waals surface area contributed by atoms with Crippen molar-refractivity contribution < 1.29 is 14.9 Å². The van der Waals surface area contributed by atoms with Gasteiger partial charge in [-0.2, -0.15) is 0 Å². The Morgan fingerprint density at radius 1 is 1.39 bits per heavy atom. The Morgan fingerprint density at radius 2 is 2.00 bits per heavy atom. The van der Waals surface area contributed by atoms with Gasteiger partial charge < -0.3 is 20.7 Å². The first kappa shape index (κ1) is 17.0. The number of benzene rings is 1. The van der Waals surface area contributed by atoms with Crippen LogP contribution >= 0.6 is 12.4 Å². The number of hydrogen-bond donors (Lipinski definition) is 3. The van der Waals surface area contributed by atoms with Crippen LogP contribution in [-0.2, 0) is 0 Å². The predicted molar refractivity (Wildman–Crippen MR) is 74.3 cm³/mol. The van der Waals surface area contributed by atoms with E-state index in [0.29, 0.717) is 11.3 Å². The summed E-state index contributed by atoms with van der Waals surface area (Å²) in [5, 5.41) is 19.8. The number of halogens is 1. The molecule has 1 aromatic carbocycles. The molecule has 0 radical (unpaired) electrons. The number of aliphatic hydroxyl groups excluding tert-OH is 1. The Morgan fingerprint density at radius 3 is 2.50 bits per heavy atom. The van der Waals surface area contributed by atoms with E-state index in [2.05, 4.69) is 0 Å². The average Bonchev–Trinajstić information content (AvgIpc) is 2.36. The Kier molecular flexibility index (Phi) is 7.06. The number of aromatic hydroxyl groups is 1. The Hall–Kier alpha value is -0.970. The van der Waals surface area contributed by atoms with Crippen molar-refractivity contribution in [3.05, 3.63) is 23.8 Å². The van der Waals surface area contributed by atoms with Crippen molar-refractivity contribution in [2.45, 2.75) is 32.4 Å². The average molecular weight is 276 g/mol. The van der Waals surface area contributed by atoms with Crippen molar-refractivity contribution in [1.82, 2.24) is 0 Å². The minimum absolute atomic E-state index is 0. The van der Waals surface area contributed by atoms with E-state index in [1.54, 1.807) is 19.2 Å². The Bertz CT molecular complexity index is 373. The van der Waals surface area contributed by atoms with E-state index in [4.69, 9.17) is 10.5 Å². The Labute approximate surface area is 114 Å². The number of rotatable bonds is 5. The molecule has 0 saturated carbocycles. The molecule has 3 atom stereocenters. The molecular formula is C13H22ClNO3. The summed E-state index contributed by atoms with van der Waals surface area (Å²) < 4.78 is 5.08. The number of hydrogen-bond acceptors (Lipinski definition) is 4. The van der Waals surface area contributed by atoms with E-state index >= 15 is 0 Å². The third-order valence-corrected chi connectivity index (χ3v) is 3.19. The van der Waals surface area contributed by atoms with Crippen molar-refractivity contribution in [1.29, 1.82) is 0 Å². The zero-order chi connectivity index (χ0) is 13.0. The molecule has 0 aliphatic rings. The highest BCUT2D eigenvalue weighted by Gasteiger charge is 2.24. The minimum Gasteiger partial charge on any atom is -0.508 e. The highest BCUT2D eigenvalue weighted by atomic mass is 35.5. The third kappa shape index (κ3) is 3.77. The maximum absolute atomic E-state index is 10.1. The van der Waals surface area contributed by atoms with Gasteiger partial charge in [-0.3, -0.25) is 0 Å². The quantitative estimate of drug-likeness (QED) is 0.770. The van der Waals surface area contributed by atoms with Gasteiger partial charge in [0.1, 0.15) is 11.5 Å². The van der Waals surface area contributed by atoms with Gasteiger partial charge in [-0.05, 0) is 24.1 Å². The summed E-state index contributed by atoms with van der Waals surface area (Å²) in [6, 6.07) is 4.23. The zero-order valence-electron chi connectivity index (χ0n) is 11.0. The number of nitrogens with two attached hydrogens (primary N) is 1. The van der Waals surface area contributed by atoms with Gasteiger partial charge in [0.2, 0.25) is 0 Å². The topological polar surface area (TPSA) is 75.7 Å². The van der Waals surface area contributed by atoms with Crippen LogP contribution in [0.3, 0.4) is 0 Å². The van der Waals surface area contributed by atoms with E-state index in [1.807, 2.05) is 13.8 Å². The van der Waals surface area contributed by atoms with Crippen LogP contribution in [-0.4, -0.2) is 23.4 Å². The van der Waals surface area contributed by atoms with Gasteiger partial charge in [-0.25, -0.2) is 0 Å². The molecule has 104 valence electrons. The molecule has 1 unspecified atom stereocenters. The van der Waals surface area contributed by atoms with Crippen LogP contribution in [0.25, 0.3) is 0 Å². The Balaban J connectivity index is 0.00000289. The van der Waals surface area contributed by atoms with Gasteiger partial charge in [0.25, 0.3) is 0 Å². The van der Waals surface area contributed by atoms with Crippen molar-refractivity contribution in [2.24, 2.45) is 11.7 Å². The number of methoxy groups -OCH3 is 1. The molecule has 0 fully saturated rings. The molecule has 0 saturated heterocycles. The smallest absolute Gasteiger partial charge is 0.120 e. The molecule has 4 nitrogen and oxygen atoms in total. The zero-order valence-corrected chi connectivity index (χ0v) is 11.8. The lowest BCUT2D eigenvalue weighted by molar-refractivity contribution is 0.0870. The van der Waals surface area contributed by atoms with Crippen molar-refractivity contribution in [2.75, 3.05) is 7.11 Å². The minimum atomic E-state index is -0.682. The highest BCUT2D eigenvalue weighted by molar-refractivity contribution is 5.85. The first-order chi connectivity index (χ1) is 8.01. The third-order valence-electron chi connectivity index (χ3n) is 3.19. The standard InChI is InChI=1S/C13H21NO3.ClH/c1-4-8(2)13(16)12(14)10-7-9(17-3)5-6-11(10)15;/h5-8,12-13,15-16H,4,14H2,1-3H3;1H/t8?,12-,13+;/m0./s1. The van der Waals surface area contributed by atoms with Gasteiger partial charge in [-0.15, -0.1) is 12.4 Å². The maximum Gasteiger partial charge on any atom is 0.120 e. The van der Waals surface area contributed by atoms with Crippen LogP contribution in [0.1, 0.15) is 31.9 Å². The van der Waals surface area contributed by atoms with Crippen molar-refractivity contribution in [3.63, 3.8) is 0 Å². The second kappa shape index (κ2) is 7.46. The molecule has 1 aromatic rings. The fourth-order valence-electron chi connectivity index (χ4n) is 1.71. The molecule has 4 N–H and O–H groups in total. The lowest BCUT2D eigenvalue weighted by Crippen LogP contribution is -2.31. The van der Waals surface area contributed by atoms with Crippen LogP contribution < -0.4 is 10.5 Å². The fourth-order valence-corrected chi connectivity index (χ4v) is 1.71. The summed E-state index contributed by atoms with van der Waals surface area (Å²) >= 11 is 0. The molecular weight excluding hydrogens is 254 g/mol. The van der Waals surface area contributed by atoms with Crippen molar-refractivity contribution >= 4 is 12.4 Å². The number of phenolic OH excluding ortho intramolecular Hbond substituents is 1. The molecule has 0 bridgehead atoms. The number of aliphatic hydroxyl groups is 1. The highest BCUT2D eigenvalue weighted by Crippen LogP contribution is 2.31. The van der Waals surface area contributed by atoms with E-state index in [0.717, 1.165) is 6.42 Å². The molecule has 0 aromatic heterocycles. The fraction of sp³-hybridized carbons (Fsp3) is 0.538. The van der Waals surface area contributed by atoms with Crippen LogP contribution in [0.4, 0.5) is 0 Å². The lowest BCUT2D eigenvalue weighted by Gasteiger charge is -2.25. The normalized spacial score (nSPS) is 15.4. The van der Waals surface area contributed by atoms with Gasteiger partial charge >= 0.3 is 0 Å².